The van der Waals surface area contributed by atoms with Gasteiger partial charge in [0.05, 0.1) is 24.4 Å². The quantitative estimate of drug-likeness (QED) is 0.525. The number of nitrogens with zero attached hydrogens (tertiary/aromatic N) is 1. The lowest BCUT2D eigenvalue weighted by molar-refractivity contribution is -0.121. The lowest BCUT2D eigenvalue weighted by atomic mass is 9.98. The summed E-state index contributed by atoms with van der Waals surface area (Å²) in [7, 11) is 0. The molecule has 134 valence electrons. The van der Waals surface area contributed by atoms with Crippen LogP contribution >= 0.6 is 11.3 Å². The highest BCUT2D eigenvalue weighted by Gasteiger charge is 2.18. The maximum Gasteiger partial charge on any atom is 0.226 e. The van der Waals surface area contributed by atoms with E-state index in [1.54, 1.807) is 6.26 Å². The van der Waals surface area contributed by atoms with Gasteiger partial charge in [0, 0.05) is 5.38 Å². The van der Waals surface area contributed by atoms with Crippen LogP contribution in [0.2, 0.25) is 0 Å². The maximum absolute atomic E-state index is 12.7. The van der Waals surface area contributed by atoms with Crippen LogP contribution in [0.4, 0.5) is 0 Å². The summed E-state index contributed by atoms with van der Waals surface area (Å²) >= 11 is 1.48. The molecule has 1 N–H and O–H groups in total. The first-order valence-electron chi connectivity index (χ1n) is 8.67. The van der Waals surface area contributed by atoms with E-state index >= 15 is 0 Å². The van der Waals surface area contributed by atoms with Crippen LogP contribution in [0.25, 0.3) is 10.8 Å². The Morgan fingerprint density at radius 3 is 2.22 bits per heavy atom. The lowest BCUT2D eigenvalue weighted by Gasteiger charge is -2.19. The smallest absolute Gasteiger partial charge is 0.226 e. The zero-order chi connectivity index (χ0) is 18.5. The predicted octanol–water partition coefficient (Wildman–Crippen LogP) is 4.85. The van der Waals surface area contributed by atoms with E-state index in [-0.39, 0.29) is 18.4 Å². The first-order valence-corrected chi connectivity index (χ1v) is 9.55. The fraction of sp³-hybridized carbons (Fsp3) is 0.0909. The Hall–Kier alpha value is -3.18. The number of carbonyl (C=O) groups excluding carboxylic acids is 1. The lowest BCUT2D eigenvalue weighted by Crippen LogP contribution is -2.30. The van der Waals surface area contributed by atoms with Crippen molar-refractivity contribution in [3.8, 4) is 10.8 Å². The van der Waals surface area contributed by atoms with Crippen molar-refractivity contribution in [3.05, 3.63) is 101 Å². The number of rotatable bonds is 6. The van der Waals surface area contributed by atoms with Gasteiger partial charge in [-0.3, -0.25) is 4.79 Å². The SMILES string of the molecule is O=C(Cc1csc(-c2ccco2)n1)NC(c1ccccc1)c1ccccc1. The molecular weight excluding hydrogens is 356 g/mol. The number of hydrogen-bond donors (Lipinski definition) is 1. The first kappa shape index (κ1) is 17.2. The molecule has 4 aromatic rings. The summed E-state index contributed by atoms with van der Waals surface area (Å²) in [5.41, 5.74) is 2.84. The highest BCUT2D eigenvalue weighted by atomic mass is 32.1. The van der Waals surface area contributed by atoms with Crippen LogP contribution in [0.1, 0.15) is 22.9 Å². The van der Waals surface area contributed by atoms with Gasteiger partial charge >= 0.3 is 0 Å². The number of benzene rings is 2. The van der Waals surface area contributed by atoms with Crippen LogP contribution in [0.5, 0.6) is 0 Å². The third-order valence-electron chi connectivity index (χ3n) is 4.20. The Bertz CT molecular complexity index is 956. The molecule has 0 spiro atoms. The fourth-order valence-electron chi connectivity index (χ4n) is 2.93. The molecule has 2 aromatic carbocycles. The molecule has 2 aromatic heterocycles. The summed E-state index contributed by atoms with van der Waals surface area (Å²) < 4.78 is 5.37. The van der Waals surface area contributed by atoms with E-state index in [9.17, 15) is 4.79 Å². The topological polar surface area (TPSA) is 55.1 Å². The van der Waals surface area contributed by atoms with Crippen molar-refractivity contribution in [1.29, 1.82) is 0 Å². The average molecular weight is 374 g/mol. The van der Waals surface area contributed by atoms with Gasteiger partial charge in [0.25, 0.3) is 0 Å². The number of nitrogens with one attached hydrogen (secondary N) is 1. The molecule has 0 saturated heterocycles. The Morgan fingerprint density at radius 1 is 0.963 bits per heavy atom. The number of thiazole rings is 1. The molecule has 0 bridgehead atoms. The third kappa shape index (κ3) is 4.15. The molecule has 0 aliphatic rings. The molecule has 0 aliphatic carbocycles. The predicted molar refractivity (Wildman–Crippen MR) is 106 cm³/mol. The molecule has 0 saturated carbocycles. The van der Waals surface area contributed by atoms with Crippen LogP contribution in [0.3, 0.4) is 0 Å². The number of hydrogen-bond acceptors (Lipinski definition) is 4. The van der Waals surface area contributed by atoms with Gasteiger partial charge in [-0.05, 0) is 23.3 Å². The summed E-state index contributed by atoms with van der Waals surface area (Å²) in [6.45, 7) is 0. The first-order chi connectivity index (χ1) is 13.3. The van der Waals surface area contributed by atoms with Crippen molar-refractivity contribution in [2.24, 2.45) is 0 Å². The van der Waals surface area contributed by atoms with Crippen LogP contribution in [0.15, 0.2) is 88.9 Å². The Kier molecular flexibility index (Phi) is 5.12. The number of aromatic nitrogens is 1. The van der Waals surface area contributed by atoms with Gasteiger partial charge in [-0.1, -0.05) is 60.7 Å². The molecule has 4 rings (SSSR count). The molecule has 1 amide bonds. The summed E-state index contributed by atoms with van der Waals surface area (Å²) in [6.07, 6.45) is 1.85. The van der Waals surface area contributed by atoms with Gasteiger partial charge < -0.3 is 9.73 Å². The summed E-state index contributed by atoms with van der Waals surface area (Å²) in [5.74, 6) is 0.655. The van der Waals surface area contributed by atoms with Gasteiger partial charge in [-0.2, -0.15) is 0 Å². The van der Waals surface area contributed by atoms with Crippen molar-refractivity contribution in [2.75, 3.05) is 0 Å². The summed E-state index contributed by atoms with van der Waals surface area (Å²) in [5, 5.41) is 5.83. The summed E-state index contributed by atoms with van der Waals surface area (Å²) in [4.78, 5) is 17.2. The maximum atomic E-state index is 12.7. The molecule has 0 unspecified atom stereocenters. The Labute approximate surface area is 161 Å². The van der Waals surface area contributed by atoms with Crippen molar-refractivity contribution >= 4 is 17.2 Å². The fourth-order valence-corrected chi connectivity index (χ4v) is 3.71. The van der Waals surface area contributed by atoms with Crippen molar-refractivity contribution in [2.45, 2.75) is 12.5 Å². The van der Waals surface area contributed by atoms with Gasteiger partial charge in [0.1, 0.15) is 0 Å². The normalized spacial score (nSPS) is 10.9. The van der Waals surface area contributed by atoms with Crippen molar-refractivity contribution in [1.82, 2.24) is 10.3 Å². The van der Waals surface area contributed by atoms with Gasteiger partial charge in [0.2, 0.25) is 5.91 Å². The highest BCUT2D eigenvalue weighted by Crippen LogP contribution is 2.25. The molecular formula is C22H18N2O2S. The second kappa shape index (κ2) is 8.01. The van der Waals surface area contributed by atoms with Gasteiger partial charge in [0.15, 0.2) is 10.8 Å². The zero-order valence-corrected chi connectivity index (χ0v) is 15.4. The summed E-state index contributed by atoms with van der Waals surface area (Å²) in [6, 6.07) is 23.5. The second-order valence-electron chi connectivity index (χ2n) is 6.12. The Morgan fingerprint density at radius 2 is 1.63 bits per heavy atom. The molecule has 0 radical (unpaired) electrons. The number of carbonyl (C=O) groups is 1. The van der Waals surface area contributed by atoms with Crippen LogP contribution in [0, 0.1) is 0 Å². The largest absolute Gasteiger partial charge is 0.462 e. The van der Waals surface area contributed by atoms with Crippen LogP contribution in [-0.4, -0.2) is 10.9 Å². The van der Waals surface area contributed by atoms with Crippen molar-refractivity contribution < 1.29 is 9.21 Å². The standard InChI is InChI=1S/C22H18N2O2S/c25-20(14-18-15-27-22(23-18)19-12-7-13-26-19)24-21(16-8-3-1-4-9-16)17-10-5-2-6-11-17/h1-13,15,21H,14H2,(H,24,25). The molecule has 2 heterocycles. The van der Waals surface area contributed by atoms with E-state index in [1.807, 2.05) is 78.2 Å². The third-order valence-corrected chi connectivity index (χ3v) is 5.10. The molecule has 0 aliphatic heterocycles. The van der Waals surface area contributed by atoms with E-state index in [4.69, 9.17) is 4.42 Å². The molecule has 4 nitrogen and oxygen atoms in total. The minimum absolute atomic E-state index is 0.0657. The van der Waals surface area contributed by atoms with Crippen molar-refractivity contribution in [3.63, 3.8) is 0 Å². The highest BCUT2D eigenvalue weighted by molar-refractivity contribution is 7.13. The van der Waals surface area contributed by atoms with E-state index < -0.39 is 0 Å². The van der Waals surface area contributed by atoms with E-state index in [0.29, 0.717) is 0 Å². The minimum Gasteiger partial charge on any atom is -0.462 e. The molecule has 0 atom stereocenters. The van der Waals surface area contributed by atoms with E-state index in [0.717, 1.165) is 27.6 Å². The monoisotopic (exact) mass is 374 g/mol. The zero-order valence-electron chi connectivity index (χ0n) is 14.5. The van der Waals surface area contributed by atoms with Crippen LogP contribution in [-0.2, 0) is 11.2 Å². The minimum atomic E-state index is -0.192. The van der Waals surface area contributed by atoms with Crippen LogP contribution < -0.4 is 5.32 Å². The molecule has 0 fully saturated rings. The van der Waals surface area contributed by atoms with E-state index in [2.05, 4.69) is 10.3 Å². The van der Waals surface area contributed by atoms with Gasteiger partial charge in [-0.15, -0.1) is 11.3 Å². The average Bonchev–Trinajstić information content (AvgIpc) is 3.39. The van der Waals surface area contributed by atoms with Gasteiger partial charge in [-0.25, -0.2) is 4.98 Å². The molecule has 27 heavy (non-hydrogen) atoms. The second-order valence-corrected chi connectivity index (χ2v) is 6.98. The molecule has 5 heteroatoms. The van der Waals surface area contributed by atoms with E-state index in [1.165, 1.54) is 11.3 Å². The number of furan rings is 1. The number of amides is 1. The Balaban J connectivity index is 1.51.